The molecule has 9 heteroatoms. The summed E-state index contributed by atoms with van der Waals surface area (Å²) in [5, 5.41) is 4.36. The Morgan fingerprint density at radius 2 is 1.00 bits per heavy atom. The third-order valence-electron chi connectivity index (χ3n) is 7.99. The third-order valence-corrected chi connectivity index (χ3v) is 7.99. The zero-order chi connectivity index (χ0) is 33.0. The number of fused-ring (bicyclic) bond motifs is 3. The second kappa shape index (κ2) is 17.9. The Morgan fingerprint density at radius 3 is 1.54 bits per heavy atom. The Morgan fingerprint density at radius 1 is 0.479 bits per heavy atom. The van der Waals surface area contributed by atoms with Crippen molar-refractivity contribution in [1.82, 2.24) is 43.3 Å². The maximum Gasteiger partial charge on any atom is 0.159 e. The molecule has 0 saturated heterocycles. The first-order valence-electron chi connectivity index (χ1n) is 16.3. The molecule has 0 unspecified atom stereocenters. The number of nitrogens with zero attached hydrogens (tertiary/aromatic N) is 9. The largest absolute Gasteiger partial charge is 0.301 e. The van der Waals surface area contributed by atoms with Crippen LogP contribution in [0.25, 0.3) is 16.9 Å². The van der Waals surface area contributed by atoms with Gasteiger partial charge in [-0.25, -0.2) is 24.5 Å². The molecular formula is C39H63N9. The van der Waals surface area contributed by atoms with Crippen molar-refractivity contribution in [3.05, 3.63) is 89.7 Å². The predicted molar refractivity (Wildman–Crippen MR) is 204 cm³/mol. The summed E-state index contributed by atoms with van der Waals surface area (Å²) in [6.45, 7) is 26.0. The van der Waals surface area contributed by atoms with E-state index in [2.05, 4.69) is 128 Å². The van der Waals surface area contributed by atoms with E-state index in [4.69, 9.17) is 0 Å². The zero-order valence-corrected chi connectivity index (χ0v) is 29.2. The molecule has 0 aliphatic carbocycles. The van der Waals surface area contributed by atoms with Crippen LogP contribution in [0.4, 0.5) is 0 Å². The van der Waals surface area contributed by atoms with Gasteiger partial charge in [0.2, 0.25) is 0 Å². The van der Waals surface area contributed by atoms with Crippen LogP contribution in [0.5, 0.6) is 0 Å². The molecule has 6 aromatic heterocycles. The fraction of sp³-hybridized carbons (Fsp3) is 0.538. The summed E-state index contributed by atoms with van der Waals surface area (Å²) in [6.07, 6.45) is 15.3. The van der Waals surface area contributed by atoms with E-state index in [1.807, 2.05) is 54.2 Å². The summed E-state index contributed by atoms with van der Waals surface area (Å²) in [4.78, 5) is 22.1. The van der Waals surface area contributed by atoms with E-state index in [-0.39, 0.29) is 22.3 Å². The van der Waals surface area contributed by atoms with Crippen molar-refractivity contribution in [2.45, 2.75) is 141 Å². The lowest BCUT2D eigenvalue weighted by Gasteiger charge is -2.08. The molecule has 0 spiro atoms. The lowest BCUT2D eigenvalue weighted by atomic mass is 10.1. The first-order chi connectivity index (χ1) is 21.3. The summed E-state index contributed by atoms with van der Waals surface area (Å²) in [7, 11) is 0. The van der Waals surface area contributed by atoms with Crippen molar-refractivity contribution in [2.24, 2.45) is 0 Å². The molecule has 48 heavy (non-hydrogen) atoms. The van der Waals surface area contributed by atoms with E-state index < -0.39 is 0 Å². The van der Waals surface area contributed by atoms with Gasteiger partial charge in [0.15, 0.2) is 11.3 Å². The molecule has 0 bridgehead atoms. The van der Waals surface area contributed by atoms with Crippen LogP contribution in [0, 0.1) is 0 Å². The molecule has 0 N–H and O–H groups in total. The molecule has 0 amide bonds. The predicted octanol–water partition coefficient (Wildman–Crippen LogP) is 10.8. The van der Waals surface area contributed by atoms with Gasteiger partial charge in [-0.3, -0.25) is 9.38 Å². The topological polar surface area (TPSA) is 90.6 Å². The van der Waals surface area contributed by atoms with Gasteiger partial charge < -0.3 is 4.40 Å². The van der Waals surface area contributed by atoms with Gasteiger partial charge in [0.25, 0.3) is 0 Å². The molecule has 6 aromatic rings. The number of rotatable bonds is 6. The minimum atomic E-state index is 0. The lowest BCUT2D eigenvalue weighted by Crippen LogP contribution is -2.02. The Hall–Kier alpha value is -4.14. The van der Waals surface area contributed by atoms with Gasteiger partial charge in [-0.05, 0) is 41.6 Å². The Kier molecular flexibility index (Phi) is 15.6. The average Bonchev–Trinajstić information content (AvgIpc) is 3.73. The fourth-order valence-corrected chi connectivity index (χ4v) is 5.35. The van der Waals surface area contributed by atoms with Crippen molar-refractivity contribution in [2.75, 3.05) is 0 Å². The maximum absolute atomic E-state index is 4.48. The number of imidazole rings is 3. The van der Waals surface area contributed by atoms with E-state index in [9.17, 15) is 0 Å². The minimum Gasteiger partial charge on any atom is -0.301 e. The first-order valence-corrected chi connectivity index (χ1v) is 16.3. The molecule has 0 saturated carbocycles. The second-order valence-corrected chi connectivity index (χ2v) is 13.5. The standard InChI is InChI=1S/3C12H17N3.3CH4/c1-8(2)10-5-13-7-15-11(9(3)4)6-14-12(10)15;1-8(2)10-7-14-12-11(9(3)4)13-5-6-15(10)12;1-8(2)10-5-6-14-15-11(9(3)4)7-13-12(10)15;;;/h3*5-9H,1-4H3;3*1H4. The highest BCUT2D eigenvalue weighted by molar-refractivity contribution is 5.50. The van der Waals surface area contributed by atoms with E-state index in [1.165, 1.54) is 28.2 Å². The fourth-order valence-electron chi connectivity index (χ4n) is 5.35. The van der Waals surface area contributed by atoms with Gasteiger partial charge in [-0.15, -0.1) is 0 Å². The van der Waals surface area contributed by atoms with Crippen LogP contribution in [0.3, 0.4) is 0 Å². The molecule has 0 atom stereocenters. The summed E-state index contributed by atoms with van der Waals surface area (Å²) >= 11 is 0. The van der Waals surface area contributed by atoms with Crippen LogP contribution in [0.2, 0.25) is 0 Å². The average molecular weight is 658 g/mol. The summed E-state index contributed by atoms with van der Waals surface area (Å²) in [5.74, 6) is 2.78. The number of hydrogen-bond acceptors (Lipinski definition) is 6. The van der Waals surface area contributed by atoms with Crippen LogP contribution in [-0.4, -0.2) is 43.3 Å². The summed E-state index contributed by atoms with van der Waals surface area (Å²) < 4.78 is 6.20. The zero-order valence-electron chi connectivity index (χ0n) is 29.2. The molecule has 0 aliphatic heterocycles. The smallest absolute Gasteiger partial charge is 0.159 e. The van der Waals surface area contributed by atoms with Crippen LogP contribution < -0.4 is 0 Å². The second-order valence-electron chi connectivity index (χ2n) is 13.5. The van der Waals surface area contributed by atoms with E-state index in [0.717, 1.165) is 22.6 Å². The van der Waals surface area contributed by atoms with Crippen molar-refractivity contribution < 1.29 is 0 Å². The van der Waals surface area contributed by atoms with E-state index >= 15 is 0 Å². The van der Waals surface area contributed by atoms with Gasteiger partial charge >= 0.3 is 0 Å². The van der Waals surface area contributed by atoms with Gasteiger partial charge in [0.1, 0.15) is 12.0 Å². The van der Waals surface area contributed by atoms with Gasteiger partial charge in [-0.2, -0.15) is 5.10 Å². The maximum atomic E-state index is 4.48. The molecule has 0 aromatic carbocycles. The van der Waals surface area contributed by atoms with Crippen molar-refractivity contribution in [3.8, 4) is 0 Å². The van der Waals surface area contributed by atoms with Crippen LogP contribution in [0.15, 0.2) is 55.8 Å². The summed E-state index contributed by atoms with van der Waals surface area (Å²) in [5.41, 5.74) is 10.2. The molecule has 9 nitrogen and oxygen atoms in total. The van der Waals surface area contributed by atoms with Crippen LogP contribution in [-0.2, 0) is 0 Å². The molecule has 264 valence electrons. The highest BCUT2D eigenvalue weighted by Crippen LogP contribution is 2.24. The van der Waals surface area contributed by atoms with Gasteiger partial charge in [0.05, 0.1) is 17.6 Å². The number of hydrogen-bond donors (Lipinski definition) is 0. The Labute approximate surface area is 290 Å². The minimum absolute atomic E-state index is 0. The SMILES string of the molecule is C.C.C.CC(C)c1ccnn2c(C(C)C)cnc12.CC(C)c1cncn2c(C(C)C)cnc12.CC(C)c1nccn2c(C(C)C)cnc12. The highest BCUT2D eigenvalue weighted by Gasteiger charge is 2.14. The third kappa shape index (κ3) is 8.85. The van der Waals surface area contributed by atoms with Gasteiger partial charge in [0, 0.05) is 59.7 Å². The first kappa shape index (κ1) is 41.9. The lowest BCUT2D eigenvalue weighted by molar-refractivity contribution is 0.749. The van der Waals surface area contributed by atoms with E-state index in [0.29, 0.717) is 35.5 Å². The molecule has 6 rings (SSSR count). The van der Waals surface area contributed by atoms with Gasteiger partial charge in [-0.1, -0.05) is 105 Å². The highest BCUT2D eigenvalue weighted by atomic mass is 15.3. The Balaban J connectivity index is 0.000000349. The molecule has 0 radical (unpaired) electrons. The van der Waals surface area contributed by atoms with Crippen LogP contribution in [0.1, 0.15) is 175 Å². The van der Waals surface area contributed by atoms with Crippen LogP contribution >= 0.6 is 0 Å². The number of aromatic nitrogens is 9. The summed E-state index contributed by atoms with van der Waals surface area (Å²) in [6, 6.07) is 2.05. The van der Waals surface area contributed by atoms with Crippen molar-refractivity contribution in [1.29, 1.82) is 0 Å². The normalized spacial score (nSPS) is 11.1. The monoisotopic (exact) mass is 658 g/mol. The van der Waals surface area contributed by atoms with Crippen molar-refractivity contribution in [3.63, 3.8) is 0 Å². The molecule has 0 aliphatic rings. The molecule has 6 heterocycles. The quantitative estimate of drug-likeness (QED) is 0.177. The Bertz CT molecular complexity index is 1620. The molecular weight excluding hydrogens is 594 g/mol. The van der Waals surface area contributed by atoms with Crippen molar-refractivity contribution >= 4 is 16.9 Å². The molecule has 0 fully saturated rings. The van der Waals surface area contributed by atoms with E-state index in [1.54, 1.807) is 0 Å².